The Morgan fingerprint density at radius 2 is 0.949 bits per heavy atom. The van der Waals surface area contributed by atoms with Gasteiger partial charge in [-0.05, 0) is 89.7 Å². The maximum Gasteiger partial charge on any atom is 0.159 e. The van der Waals surface area contributed by atoms with E-state index in [1.54, 1.807) is 0 Å². The van der Waals surface area contributed by atoms with Crippen molar-refractivity contribution >= 4 is 43.6 Å². The van der Waals surface area contributed by atoms with E-state index < -0.39 is 5.41 Å². The normalized spacial score (nSPS) is 12.0. The standard InChI is InChI=1S/C51H42N6O2/c1-32(2)34-30-54-50(55-31-34)33-26-45(58-35-20-22-39-37-14-6-8-16-41(37)56(43(39)28-35)47-18-10-12-24-52-47)49(51(3,4)5)46(27-33)59-36-21-23-40-38-15-7-9-17-42(38)57(44(40)29-36)48-19-11-13-25-53-48/h6-32H,1-5H3. The lowest BCUT2D eigenvalue weighted by molar-refractivity contribution is 0.422. The summed E-state index contributed by atoms with van der Waals surface area (Å²) in [6, 6.07) is 45.4. The van der Waals surface area contributed by atoms with Gasteiger partial charge in [0.25, 0.3) is 0 Å². The van der Waals surface area contributed by atoms with Crippen LogP contribution in [0.25, 0.3) is 66.6 Å². The molecule has 0 amide bonds. The van der Waals surface area contributed by atoms with Gasteiger partial charge in [0, 0.05) is 69.6 Å². The van der Waals surface area contributed by atoms with Crippen LogP contribution in [0, 0.1) is 0 Å². The highest BCUT2D eigenvalue weighted by atomic mass is 16.5. The van der Waals surface area contributed by atoms with Gasteiger partial charge >= 0.3 is 0 Å². The Labute approximate surface area is 342 Å². The maximum absolute atomic E-state index is 7.04. The lowest BCUT2D eigenvalue weighted by Gasteiger charge is -2.27. The van der Waals surface area contributed by atoms with Crippen molar-refractivity contribution in [2.75, 3.05) is 0 Å². The van der Waals surface area contributed by atoms with Gasteiger partial charge in [-0.2, -0.15) is 0 Å². The number of hydrogen-bond acceptors (Lipinski definition) is 6. The fourth-order valence-corrected chi connectivity index (χ4v) is 8.15. The summed E-state index contributed by atoms with van der Waals surface area (Å²) in [6.07, 6.45) is 7.45. The second-order valence-corrected chi connectivity index (χ2v) is 16.2. The van der Waals surface area contributed by atoms with Crippen molar-refractivity contribution in [3.05, 3.63) is 169 Å². The van der Waals surface area contributed by atoms with Crippen molar-refractivity contribution in [1.29, 1.82) is 0 Å². The number of fused-ring (bicyclic) bond motifs is 6. The highest BCUT2D eigenvalue weighted by molar-refractivity contribution is 6.10. The summed E-state index contributed by atoms with van der Waals surface area (Å²) in [5, 5.41) is 4.52. The van der Waals surface area contributed by atoms with Crippen LogP contribution >= 0.6 is 0 Å². The van der Waals surface area contributed by atoms with E-state index in [1.807, 2.05) is 85.5 Å². The summed E-state index contributed by atoms with van der Waals surface area (Å²) < 4.78 is 18.5. The van der Waals surface area contributed by atoms with Gasteiger partial charge in [-0.25, -0.2) is 19.9 Å². The molecule has 0 atom stereocenters. The van der Waals surface area contributed by atoms with Crippen LogP contribution in [0.5, 0.6) is 23.0 Å². The minimum atomic E-state index is -0.397. The average Bonchev–Trinajstić information content (AvgIpc) is 3.76. The molecule has 10 aromatic rings. The Balaban J connectivity index is 1.15. The van der Waals surface area contributed by atoms with Crippen molar-refractivity contribution in [3.8, 4) is 46.0 Å². The molecule has 0 radical (unpaired) electrons. The molecule has 0 saturated carbocycles. The topological polar surface area (TPSA) is 79.9 Å². The van der Waals surface area contributed by atoms with E-state index in [2.05, 4.69) is 117 Å². The number of ether oxygens (including phenoxy) is 2. The van der Waals surface area contributed by atoms with Gasteiger partial charge in [0.2, 0.25) is 0 Å². The molecule has 0 spiro atoms. The molecule has 0 fully saturated rings. The predicted octanol–water partition coefficient (Wildman–Crippen LogP) is 13.1. The third-order valence-electron chi connectivity index (χ3n) is 10.9. The van der Waals surface area contributed by atoms with Crippen molar-refractivity contribution in [1.82, 2.24) is 29.1 Å². The molecule has 0 bridgehead atoms. The lowest BCUT2D eigenvalue weighted by Crippen LogP contribution is -2.14. The minimum absolute atomic E-state index is 0.304. The van der Waals surface area contributed by atoms with Crippen molar-refractivity contribution < 1.29 is 9.47 Å². The van der Waals surface area contributed by atoms with E-state index in [0.29, 0.717) is 34.7 Å². The van der Waals surface area contributed by atoms with E-state index in [9.17, 15) is 0 Å². The summed E-state index contributed by atoms with van der Waals surface area (Å²) in [4.78, 5) is 19.1. The Kier molecular flexibility index (Phi) is 8.71. The number of para-hydroxylation sites is 2. The Bertz CT molecular complexity index is 2980. The van der Waals surface area contributed by atoms with Gasteiger partial charge < -0.3 is 9.47 Å². The summed E-state index contributed by atoms with van der Waals surface area (Å²) >= 11 is 0. The molecule has 288 valence electrons. The molecule has 0 aliphatic heterocycles. The molecule has 8 nitrogen and oxygen atoms in total. The zero-order valence-corrected chi connectivity index (χ0v) is 33.6. The van der Waals surface area contributed by atoms with Crippen LogP contribution < -0.4 is 9.47 Å². The summed E-state index contributed by atoms with van der Waals surface area (Å²) in [7, 11) is 0. The molecular formula is C51H42N6O2. The second-order valence-electron chi connectivity index (χ2n) is 16.2. The van der Waals surface area contributed by atoms with Gasteiger partial charge in [0.15, 0.2) is 5.82 Å². The highest BCUT2D eigenvalue weighted by Crippen LogP contribution is 2.46. The molecule has 8 heteroatoms. The Morgan fingerprint density at radius 1 is 0.492 bits per heavy atom. The summed E-state index contributed by atoms with van der Waals surface area (Å²) in [5.74, 6) is 5.25. The molecular weight excluding hydrogens is 729 g/mol. The van der Waals surface area contributed by atoms with Gasteiger partial charge in [-0.3, -0.25) is 9.13 Å². The van der Waals surface area contributed by atoms with E-state index in [0.717, 1.165) is 71.9 Å². The maximum atomic E-state index is 7.04. The third-order valence-corrected chi connectivity index (χ3v) is 10.9. The average molecular weight is 771 g/mol. The number of benzene rings is 5. The van der Waals surface area contributed by atoms with E-state index in [1.165, 1.54) is 0 Å². The van der Waals surface area contributed by atoms with E-state index >= 15 is 0 Å². The quantitative estimate of drug-likeness (QED) is 0.153. The van der Waals surface area contributed by atoms with E-state index in [-0.39, 0.29) is 0 Å². The zero-order valence-electron chi connectivity index (χ0n) is 33.6. The SMILES string of the molecule is CC(C)c1cnc(-c2cc(Oc3ccc4c5ccccc5n(-c5ccccn5)c4c3)c(C(C)(C)C)c(Oc3ccc4c5ccccc5n(-c5ccccn5)c4c3)c2)nc1. The lowest BCUT2D eigenvalue weighted by atomic mass is 9.84. The number of aromatic nitrogens is 6. The van der Waals surface area contributed by atoms with Crippen molar-refractivity contribution in [3.63, 3.8) is 0 Å². The number of hydrogen-bond donors (Lipinski definition) is 0. The third kappa shape index (κ3) is 6.43. The van der Waals surface area contributed by atoms with Gasteiger partial charge in [-0.15, -0.1) is 0 Å². The molecule has 5 heterocycles. The first kappa shape index (κ1) is 36.0. The smallest absolute Gasteiger partial charge is 0.159 e. The minimum Gasteiger partial charge on any atom is -0.457 e. The van der Waals surface area contributed by atoms with E-state index in [4.69, 9.17) is 29.4 Å². The predicted molar refractivity (Wildman–Crippen MR) is 238 cm³/mol. The Hall–Kier alpha value is -7.32. The second kappa shape index (κ2) is 14.3. The molecule has 0 unspecified atom stereocenters. The van der Waals surface area contributed by atoms with Crippen LogP contribution in [0.15, 0.2) is 158 Å². The summed E-state index contributed by atoms with van der Waals surface area (Å²) in [5.41, 5.74) is 6.52. The molecule has 5 aromatic carbocycles. The van der Waals surface area contributed by atoms with Crippen molar-refractivity contribution in [2.24, 2.45) is 0 Å². The monoisotopic (exact) mass is 770 g/mol. The van der Waals surface area contributed by atoms with Crippen LogP contribution in [0.1, 0.15) is 51.7 Å². The first-order valence-corrected chi connectivity index (χ1v) is 20.0. The summed E-state index contributed by atoms with van der Waals surface area (Å²) in [6.45, 7) is 10.8. The molecule has 0 N–H and O–H groups in total. The zero-order chi connectivity index (χ0) is 40.3. The molecule has 10 rings (SSSR count). The van der Waals surface area contributed by atoms with Crippen LogP contribution in [0.3, 0.4) is 0 Å². The molecule has 5 aromatic heterocycles. The fraction of sp³-hybridized carbons (Fsp3) is 0.137. The fourth-order valence-electron chi connectivity index (χ4n) is 8.15. The number of nitrogens with zero attached hydrogens (tertiary/aromatic N) is 6. The van der Waals surface area contributed by atoms with Crippen LogP contribution in [-0.2, 0) is 5.41 Å². The largest absolute Gasteiger partial charge is 0.457 e. The first-order chi connectivity index (χ1) is 28.7. The molecule has 59 heavy (non-hydrogen) atoms. The van der Waals surface area contributed by atoms with Crippen molar-refractivity contribution in [2.45, 2.75) is 46.0 Å². The van der Waals surface area contributed by atoms with Crippen LogP contribution in [-0.4, -0.2) is 29.1 Å². The Morgan fingerprint density at radius 3 is 1.39 bits per heavy atom. The molecule has 0 saturated heterocycles. The van der Waals surface area contributed by atoms with Gasteiger partial charge in [0.1, 0.15) is 34.6 Å². The molecule has 0 aliphatic carbocycles. The van der Waals surface area contributed by atoms with Crippen LogP contribution in [0.2, 0.25) is 0 Å². The number of rotatable bonds is 8. The highest BCUT2D eigenvalue weighted by Gasteiger charge is 2.28. The molecule has 0 aliphatic rings. The van der Waals surface area contributed by atoms with Gasteiger partial charge in [-0.1, -0.05) is 83.1 Å². The number of pyridine rings is 2. The first-order valence-electron chi connectivity index (χ1n) is 20.0. The van der Waals surface area contributed by atoms with Gasteiger partial charge in [0.05, 0.1) is 22.1 Å². The van der Waals surface area contributed by atoms with Crippen LogP contribution in [0.4, 0.5) is 0 Å².